The lowest BCUT2D eigenvalue weighted by Gasteiger charge is -2.03. The molecule has 0 aliphatic rings. The number of hydrogen-bond acceptors (Lipinski definition) is 5. The molecule has 2 amide bonds. The van der Waals surface area contributed by atoms with Crippen LogP contribution in [0.15, 0.2) is 17.2 Å². The lowest BCUT2D eigenvalue weighted by molar-refractivity contribution is -0.385. The van der Waals surface area contributed by atoms with E-state index in [0.717, 1.165) is 6.21 Å². The first-order chi connectivity index (χ1) is 8.45. The topological polar surface area (TPSA) is 131 Å². The van der Waals surface area contributed by atoms with Crippen molar-refractivity contribution in [3.63, 3.8) is 0 Å². The van der Waals surface area contributed by atoms with Crippen LogP contribution < -0.4 is 11.2 Å². The number of aromatic hydroxyl groups is 1. The maximum absolute atomic E-state index is 10.7. The molecular weight excluding hydrogens is 240 g/mol. The van der Waals surface area contributed by atoms with Crippen LogP contribution in [0.1, 0.15) is 18.1 Å². The number of aryl methyl sites for hydroxylation is 1. The first kappa shape index (κ1) is 13.4. The van der Waals surface area contributed by atoms with Crippen LogP contribution in [0.5, 0.6) is 5.75 Å². The minimum atomic E-state index is -0.869. The zero-order valence-corrected chi connectivity index (χ0v) is 9.58. The molecule has 0 heterocycles. The molecule has 1 aromatic rings. The number of primary amides is 1. The van der Waals surface area contributed by atoms with Crippen LogP contribution in [0, 0.1) is 10.1 Å². The standard InChI is InChI=1S/C10H12N4O4/c1-2-6-3-7(5-12-13-10(11)16)9(15)8(4-6)14(17)18/h3-5,15H,2H2,1H3,(H3,11,13,16). The number of nitrogens with two attached hydrogens (primary N) is 1. The van der Waals surface area contributed by atoms with Crippen LogP contribution in [-0.2, 0) is 6.42 Å². The molecule has 8 nitrogen and oxygen atoms in total. The molecule has 0 aromatic heterocycles. The number of nitrogens with zero attached hydrogens (tertiary/aromatic N) is 2. The second-order valence-corrected chi connectivity index (χ2v) is 3.40. The Morgan fingerprint density at radius 3 is 2.83 bits per heavy atom. The number of phenolic OH excluding ortho intramolecular Hbond substituents is 1. The first-order valence-corrected chi connectivity index (χ1v) is 5.04. The van der Waals surface area contributed by atoms with Crippen LogP contribution in [0.4, 0.5) is 10.5 Å². The fraction of sp³-hybridized carbons (Fsp3) is 0.200. The van der Waals surface area contributed by atoms with E-state index in [9.17, 15) is 20.0 Å². The van der Waals surface area contributed by atoms with Gasteiger partial charge in [0.15, 0.2) is 0 Å². The van der Waals surface area contributed by atoms with E-state index in [4.69, 9.17) is 5.73 Å². The van der Waals surface area contributed by atoms with Crippen LogP contribution in [0.3, 0.4) is 0 Å². The van der Waals surface area contributed by atoms with E-state index in [1.807, 2.05) is 12.3 Å². The van der Waals surface area contributed by atoms with Gasteiger partial charge >= 0.3 is 11.7 Å². The molecule has 0 saturated heterocycles. The van der Waals surface area contributed by atoms with Gasteiger partial charge in [0.25, 0.3) is 0 Å². The Kier molecular flexibility index (Phi) is 4.19. The fourth-order valence-electron chi connectivity index (χ4n) is 1.31. The van der Waals surface area contributed by atoms with Crippen molar-refractivity contribution in [2.75, 3.05) is 0 Å². The molecule has 8 heteroatoms. The molecule has 4 N–H and O–H groups in total. The summed E-state index contributed by atoms with van der Waals surface area (Å²) in [4.78, 5) is 20.4. The molecule has 18 heavy (non-hydrogen) atoms. The van der Waals surface area contributed by atoms with Crippen molar-refractivity contribution in [2.24, 2.45) is 10.8 Å². The Morgan fingerprint density at radius 1 is 1.67 bits per heavy atom. The predicted octanol–water partition coefficient (Wildman–Crippen LogP) is 0.865. The van der Waals surface area contributed by atoms with Gasteiger partial charge in [-0.25, -0.2) is 10.2 Å². The Balaban J connectivity index is 3.17. The van der Waals surface area contributed by atoms with E-state index in [1.54, 1.807) is 0 Å². The van der Waals surface area contributed by atoms with Gasteiger partial charge in [-0.1, -0.05) is 6.92 Å². The molecule has 96 valence electrons. The summed E-state index contributed by atoms with van der Waals surface area (Å²) in [7, 11) is 0. The number of rotatable bonds is 4. The normalized spacial score (nSPS) is 10.5. The van der Waals surface area contributed by atoms with E-state index in [1.165, 1.54) is 12.1 Å². The monoisotopic (exact) mass is 252 g/mol. The highest BCUT2D eigenvalue weighted by Gasteiger charge is 2.17. The van der Waals surface area contributed by atoms with E-state index >= 15 is 0 Å². The fourth-order valence-corrected chi connectivity index (χ4v) is 1.31. The van der Waals surface area contributed by atoms with Crippen molar-refractivity contribution in [1.29, 1.82) is 0 Å². The largest absolute Gasteiger partial charge is 0.502 e. The molecule has 0 spiro atoms. The number of phenols is 1. The lowest BCUT2D eigenvalue weighted by atomic mass is 10.1. The second-order valence-electron chi connectivity index (χ2n) is 3.40. The zero-order valence-electron chi connectivity index (χ0n) is 9.58. The molecule has 0 unspecified atom stereocenters. The molecule has 0 radical (unpaired) electrons. The maximum Gasteiger partial charge on any atom is 0.332 e. The number of nitrogens with one attached hydrogen (secondary N) is 1. The van der Waals surface area contributed by atoms with Gasteiger partial charge in [-0.2, -0.15) is 5.10 Å². The van der Waals surface area contributed by atoms with Gasteiger partial charge in [0, 0.05) is 11.6 Å². The van der Waals surface area contributed by atoms with Gasteiger partial charge < -0.3 is 10.8 Å². The third-order valence-electron chi connectivity index (χ3n) is 2.16. The Bertz CT molecular complexity index is 513. The van der Waals surface area contributed by atoms with Crippen molar-refractivity contribution in [3.8, 4) is 5.75 Å². The second kappa shape index (κ2) is 5.62. The number of hydrazone groups is 1. The number of benzene rings is 1. The average Bonchev–Trinajstić information content (AvgIpc) is 2.30. The van der Waals surface area contributed by atoms with Gasteiger partial charge in [-0.05, 0) is 18.1 Å². The summed E-state index contributed by atoms with van der Waals surface area (Å²) in [6.45, 7) is 1.82. The summed E-state index contributed by atoms with van der Waals surface area (Å²) in [6, 6.07) is 1.95. The molecule has 0 aliphatic heterocycles. The number of nitro groups is 1. The summed E-state index contributed by atoms with van der Waals surface area (Å²) >= 11 is 0. The minimum Gasteiger partial charge on any atom is -0.502 e. The van der Waals surface area contributed by atoms with Crippen molar-refractivity contribution < 1.29 is 14.8 Å². The van der Waals surface area contributed by atoms with E-state index in [0.29, 0.717) is 12.0 Å². The molecule has 1 rings (SSSR count). The van der Waals surface area contributed by atoms with Gasteiger partial charge in [0.05, 0.1) is 11.1 Å². The quantitative estimate of drug-likeness (QED) is 0.416. The third kappa shape index (κ3) is 3.17. The molecule has 0 bridgehead atoms. The highest BCUT2D eigenvalue weighted by atomic mass is 16.6. The summed E-state index contributed by atoms with van der Waals surface area (Å²) in [5.74, 6) is -0.507. The molecule has 1 aromatic carbocycles. The summed E-state index contributed by atoms with van der Waals surface area (Å²) in [5.41, 5.74) is 7.12. The van der Waals surface area contributed by atoms with Crippen molar-refractivity contribution in [3.05, 3.63) is 33.4 Å². The lowest BCUT2D eigenvalue weighted by Crippen LogP contribution is -2.24. The zero-order chi connectivity index (χ0) is 13.7. The molecule has 0 aliphatic carbocycles. The number of hydrogen-bond donors (Lipinski definition) is 3. The molecule has 0 atom stereocenters. The van der Waals surface area contributed by atoms with Crippen molar-refractivity contribution in [1.82, 2.24) is 5.43 Å². The Labute approximate surface area is 102 Å². The summed E-state index contributed by atoms with van der Waals surface area (Å²) < 4.78 is 0. The van der Waals surface area contributed by atoms with Gasteiger partial charge in [-0.15, -0.1) is 0 Å². The molecular formula is C10H12N4O4. The van der Waals surface area contributed by atoms with Gasteiger partial charge in [0.2, 0.25) is 5.75 Å². The third-order valence-corrected chi connectivity index (χ3v) is 2.16. The van der Waals surface area contributed by atoms with E-state index in [2.05, 4.69) is 5.10 Å². The SMILES string of the molecule is CCc1cc(C=NNC(N)=O)c(O)c([N+](=O)[O-])c1. The van der Waals surface area contributed by atoms with Crippen molar-refractivity contribution >= 4 is 17.9 Å². The van der Waals surface area contributed by atoms with Crippen LogP contribution in [0.25, 0.3) is 0 Å². The van der Waals surface area contributed by atoms with Crippen LogP contribution in [0.2, 0.25) is 0 Å². The predicted molar refractivity (Wildman–Crippen MR) is 64.5 cm³/mol. The number of nitro benzene ring substituents is 1. The highest BCUT2D eigenvalue weighted by Crippen LogP contribution is 2.30. The highest BCUT2D eigenvalue weighted by molar-refractivity contribution is 5.87. The number of urea groups is 1. The smallest absolute Gasteiger partial charge is 0.332 e. The Hall–Kier alpha value is -2.64. The first-order valence-electron chi connectivity index (χ1n) is 5.04. The van der Waals surface area contributed by atoms with Crippen LogP contribution >= 0.6 is 0 Å². The number of amides is 2. The van der Waals surface area contributed by atoms with Gasteiger partial charge in [0.1, 0.15) is 0 Å². The minimum absolute atomic E-state index is 0.134. The maximum atomic E-state index is 10.7. The molecule has 0 fully saturated rings. The molecule has 0 saturated carbocycles. The summed E-state index contributed by atoms with van der Waals surface area (Å²) in [5, 5.41) is 23.8. The number of carbonyl (C=O) groups excluding carboxylic acids is 1. The van der Waals surface area contributed by atoms with Gasteiger partial charge in [-0.3, -0.25) is 10.1 Å². The van der Waals surface area contributed by atoms with Crippen LogP contribution in [-0.4, -0.2) is 22.3 Å². The number of carbonyl (C=O) groups is 1. The summed E-state index contributed by atoms with van der Waals surface area (Å²) in [6.07, 6.45) is 1.65. The Morgan fingerprint density at radius 2 is 2.33 bits per heavy atom. The van der Waals surface area contributed by atoms with Crippen molar-refractivity contribution in [2.45, 2.75) is 13.3 Å². The van der Waals surface area contributed by atoms with E-state index in [-0.39, 0.29) is 5.56 Å². The van der Waals surface area contributed by atoms with E-state index < -0.39 is 22.4 Å². The average molecular weight is 252 g/mol.